The van der Waals surface area contributed by atoms with E-state index in [2.05, 4.69) is 0 Å². The molecule has 0 saturated heterocycles. The summed E-state index contributed by atoms with van der Waals surface area (Å²) in [6.07, 6.45) is 0.204. The molecule has 1 aromatic rings. The Morgan fingerprint density at radius 3 is 2.14 bits per heavy atom. The second-order valence-corrected chi connectivity index (χ2v) is 7.34. The number of nitrogens with zero attached hydrogens (tertiary/aromatic N) is 2. The van der Waals surface area contributed by atoms with Gasteiger partial charge in [-0.05, 0) is 51.7 Å². The first kappa shape index (κ1) is 18.1. The Hall–Kier alpha value is -0.950. The summed E-state index contributed by atoms with van der Waals surface area (Å²) in [7, 11) is 0.485. The molecule has 0 heterocycles. The van der Waals surface area contributed by atoms with Gasteiger partial charge in [0.25, 0.3) is 0 Å². The van der Waals surface area contributed by atoms with E-state index in [1.165, 1.54) is 4.31 Å². The van der Waals surface area contributed by atoms with Crippen molar-refractivity contribution in [2.45, 2.75) is 31.3 Å². The fourth-order valence-electron chi connectivity index (χ4n) is 2.08. The van der Waals surface area contributed by atoms with Crippen molar-refractivity contribution in [3.63, 3.8) is 0 Å². The molecule has 1 atom stereocenters. The van der Waals surface area contributed by atoms with Gasteiger partial charge in [-0.15, -0.1) is 0 Å². The van der Waals surface area contributed by atoms with Gasteiger partial charge in [0.2, 0.25) is 10.0 Å². The van der Waals surface area contributed by atoms with Gasteiger partial charge in [-0.1, -0.05) is 19.1 Å². The monoisotopic (exact) mass is 314 g/mol. The lowest BCUT2D eigenvalue weighted by molar-refractivity contribution is 0.199. The van der Waals surface area contributed by atoms with Crippen molar-refractivity contribution in [1.82, 2.24) is 9.21 Å². The van der Waals surface area contributed by atoms with Crippen LogP contribution in [-0.2, 0) is 10.0 Å². The Labute approximate surface area is 128 Å². The van der Waals surface area contributed by atoms with Crippen LogP contribution in [0.3, 0.4) is 0 Å². The van der Waals surface area contributed by atoms with E-state index >= 15 is 0 Å². The summed E-state index contributed by atoms with van der Waals surface area (Å²) in [5.41, 5.74) is 0.713. The first-order valence-electron chi connectivity index (χ1n) is 7.22. The quantitative estimate of drug-likeness (QED) is 0.793. The lowest BCUT2D eigenvalue weighted by Gasteiger charge is -2.21. The van der Waals surface area contributed by atoms with Crippen molar-refractivity contribution in [3.05, 3.63) is 29.8 Å². The SMILES string of the molecule is CCN(CCCN(C)C)S(=O)(=O)c1ccc(C(C)O)cc1. The zero-order chi connectivity index (χ0) is 16.0. The number of hydrogen-bond donors (Lipinski definition) is 1. The van der Waals surface area contributed by atoms with Gasteiger partial charge in [-0.3, -0.25) is 0 Å². The molecule has 0 bridgehead atoms. The Morgan fingerprint density at radius 1 is 1.14 bits per heavy atom. The van der Waals surface area contributed by atoms with Crippen LogP contribution in [0, 0.1) is 0 Å². The van der Waals surface area contributed by atoms with Crippen molar-refractivity contribution in [2.24, 2.45) is 0 Å². The van der Waals surface area contributed by atoms with Crippen LogP contribution in [0.2, 0.25) is 0 Å². The molecule has 0 radical (unpaired) electrons. The summed E-state index contributed by atoms with van der Waals surface area (Å²) in [6.45, 7) is 5.32. The average Bonchev–Trinajstić information content (AvgIpc) is 2.43. The highest BCUT2D eigenvalue weighted by Crippen LogP contribution is 2.19. The first-order chi connectivity index (χ1) is 9.78. The Morgan fingerprint density at radius 2 is 1.71 bits per heavy atom. The van der Waals surface area contributed by atoms with Crippen molar-refractivity contribution >= 4 is 10.0 Å². The maximum absolute atomic E-state index is 12.6. The summed E-state index contributed by atoms with van der Waals surface area (Å²) < 4.78 is 26.6. The average molecular weight is 314 g/mol. The molecule has 0 aliphatic heterocycles. The fraction of sp³-hybridized carbons (Fsp3) is 0.600. The fourth-order valence-corrected chi connectivity index (χ4v) is 3.57. The second-order valence-electron chi connectivity index (χ2n) is 5.40. The topological polar surface area (TPSA) is 60.9 Å². The van der Waals surface area contributed by atoms with E-state index in [0.717, 1.165) is 13.0 Å². The number of hydrogen-bond acceptors (Lipinski definition) is 4. The second kappa shape index (κ2) is 7.89. The van der Waals surface area contributed by atoms with Crippen LogP contribution in [0.5, 0.6) is 0 Å². The Bertz CT molecular complexity index is 524. The van der Waals surface area contributed by atoms with Crippen LogP contribution in [-0.4, -0.2) is 56.5 Å². The minimum absolute atomic E-state index is 0.276. The molecule has 21 heavy (non-hydrogen) atoms. The lowest BCUT2D eigenvalue weighted by atomic mass is 10.1. The number of aliphatic hydroxyl groups excluding tert-OH is 1. The molecular weight excluding hydrogens is 288 g/mol. The maximum atomic E-state index is 12.6. The van der Waals surface area contributed by atoms with E-state index in [1.807, 2.05) is 25.9 Å². The highest BCUT2D eigenvalue weighted by atomic mass is 32.2. The number of benzene rings is 1. The molecule has 0 saturated carbocycles. The minimum atomic E-state index is -3.46. The summed E-state index contributed by atoms with van der Waals surface area (Å²) in [4.78, 5) is 2.32. The van der Waals surface area contributed by atoms with Gasteiger partial charge in [-0.2, -0.15) is 4.31 Å². The summed E-state index contributed by atoms with van der Waals surface area (Å²) in [5, 5.41) is 9.48. The van der Waals surface area contributed by atoms with Gasteiger partial charge in [0.05, 0.1) is 11.0 Å². The van der Waals surface area contributed by atoms with Crippen LogP contribution in [0.25, 0.3) is 0 Å². The smallest absolute Gasteiger partial charge is 0.243 e. The third-order valence-electron chi connectivity index (χ3n) is 3.37. The van der Waals surface area contributed by atoms with Crippen LogP contribution in [0.4, 0.5) is 0 Å². The Balaban J connectivity index is 2.86. The van der Waals surface area contributed by atoms with Gasteiger partial charge >= 0.3 is 0 Å². The summed E-state index contributed by atoms with van der Waals surface area (Å²) in [6, 6.07) is 6.44. The lowest BCUT2D eigenvalue weighted by Crippen LogP contribution is -2.33. The molecule has 1 N–H and O–H groups in total. The number of sulfonamides is 1. The van der Waals surface area contributed by atoms with Crippen molar-refractivity contribution in [1.29, 1.82) is 0 Å². The van der Waals surface area contributed by atoms with E-state index in [4.69, 9.17) is 0 Å². The van der Waals surface area contributed by atoms with Crippen LogP contribution < -0.4 is 0 Å². The van der Waals surface area contributed by atoms with Gasteiger partial charge in [0.1, 0.15) is 0 Å². The van der Waals surface area contributed by atoms with E-state index in [1.54, 1.807) is 31.2 Å². The Kier molecular flexibility index (Phi) is 6.80. The van der Waals surface area contributed by atoms with E-state index in [0.29, 0.717) is 18.7 Å². The molecule has 1 aromatic carbocycles. The van der Waals surface area contributed by atoms with Gasteiger partial charge < -0.3 is 10.0 Å². The standard InChI is InChI=1S/C15H26N2O3S/c1-5-17(12-6-11-16(3)4)21(19,20)15-9-7-14(8-10-15)13(2)18/h7-10,13,18H,5-6,11-12H2,1-4H3. The minimum Gasteiger partial charge on any atom is -0.389 e. The molecule has 0 spiro atoms. The van der Waals surface area contributed by atoms with Crippen molar-refractivity contribution in [3.8, 4) is 0 Å². The molecule has 0 amide bonds. The molecule has 6 heteroatoms. The number of rotatable bonds is 8. The first-order valence-corrected chi connectivity index (χ1v) is 8.66. The highest BCUT2D eigenvalue weighted by molar-refractivity contribution is 7.89. The van der Waals surface area contributed by atoms with Crippen molar-refractivity contribution < 1.29 is 13.5 Å². The third kappa shape index (κ3) is 5.07. The zero-order valence-electron chi connectivity index (χ0n) is 13.3. The predicted octanol–water partition coefficient (Wildman–Crippen LogP) is 1.70. The van der Waals surface area contributed by atoms with Gasteiger partial charge in [-0.25, -0.2) is 8.42 Å². The van der Waals surface area contributed by atoms with Gasteiger partial charge in [0.15, 0.2) is 0 Å². The molecule has 0 fully saturated rings. The molecule has 5 nitrogen and oxygen atoms in total. The zero-order valence-corrected chi connectivity index (χ0v) is 14.1. The molecule has 1 rings (SSSR count). The van der Waals surface area contributed by atoms with Crippen LogP contribution >= 0.6 is 0 Å². The van der Waals surface area contributed by atoms with E-state index in [-0.39, 0.29) is 4.90 Å². The molecule has 0 aromatic heterocycles. The predicted molar refractivity (Wildman–Crippen MR) is 84.7 cm³/mol. The highest BCUT2D eigenvalue weighted by Gasteiger charge is 2.22. The third-order valence-corrected chi connectivity index (χ3v) is 5.35. The maximum Gasteiger partial charge on any atom is 0.243 e. The molecule has 0 aliphatic carbocycles. The van der Waals surface area contributed by atoms with Crippen molar-refractivity contribution in [2.75, 3.05) is 33.7 Å². The number of aliphatic hydroxyl groups is 1. The van der Waals surface area contributed by atoms with E-state index < -0.39 is 16.1 Å². The molecule has 0 aliphatic rings. The summed E-state index contributed by atoms with van der Waals surface area (Å²) in [5.74, 6) is 0. The molecular formula is C15H26N2O3S. The summed E-state index contributed by atoms with van der Waals surface area (Å²) >= 11 is 0. The normalized spacial score (nSPS) is 13.9. The largest absolute Gasteiger partial charge is 0.389 e. The van der Waals surface area contributed by atoms with Crippen LogP contribution in [0.15, 0.2) is 29.2 Å². The van der Waals surface area contributed by atoms with E-state index in [9.17, 15) is 13.5 Å². The van der Waals surface area contributed by atoms with Gasteiger partial charge in [0, 0.05) is 13.1 Å². The molecule has 120 valence electrons. The molecule has 1 unspecified atom stereocenters. The van der Waals surface area contributed by atoms with Crippen LogP contribution in [0.1, 0.15) is 31.9 Å².